The van der Waals surface area contributed by atoms with Gasteiger partial charge in [-0.2, -0.15) is 13.2 Å². The first-order valence-electron chi connectivity index (χ1n) is 9.75. The van der Waals surface area contributed by atoms with Gasteiger partial charge in [-0.05, 0) is 49.3 Å². The fraction of sp³-hybridized carbons (Fsp3) is 0.182. The number of benzene rings is 1. The second-order valence-corrected chi connectivity index (χ2v) is 7.18. The first kappa shape index (κ1) is 21.3. The van der Waals surface area contributed by atoms with E-state index in [0.717, 1.165) is 23.4 Å². The molecular formula is C22H19F3N6O. The van der Waals surface area contributed by atoms with Crippen molar-refractivity contribution in [2.24, 2.45) is 0 Å². The summed E-state index contributed by atoms with van der Waals surface area (Å²) < 4.78 is 40.6. The lowest BCUT2D eigenvalue weighted by Gasteiger charge is -2.22. The molecule has 0 radical (unpaired) electrons. The lowest BCUT2D eigenvalue weighted by molar-refractivity contribution is -0.137. The lowest BCUT2D eigenvalue weighted by atomic mass is 10.00. The molecule has 0 saturated carbocycles. The molecule has 0 bridgehead atoms. The molecule has 1 aromatic carbocycles. The average molecular weight is 440 g/mol. The zero-order chi connectivity index (χ0) is 22.7. The van der Waals surface area contributed by atoms with Crippen molar-refractivity contribution in [2.75, 3.05) is 5.32 Å². The summed E-state index contributed by atoms with van der Waals surface area (Å²) in [5.41, 5.74) is 0.770. The van der Waals surface area contributed by atoms with Crippen LogP contribution in [0.5, 0.6) is 0 Å². The van der Waals surface area contributed by atoms with Crippen molar-refractivity contribution in [1.82, 2.24) is 24.8 Å². The third kappa shape index (κ3) is 4.69. The average Bonchev–Trinajstić information content (AvgIpc) is 3.24. The van der Waals surface area contributed by atoms with Gasteiger partial charge >= 0.3 is 6.18 Å². The van der Waals surface area contributed by atoms with E-state index in [-0.39, 0.29) is 5.56 Å². The second kappa shape index (κ2) is 8.66. The normalized spacial score (nSPS) is 16.2. The second-order valence-electron chi connectivity index (χ2n) is 7.18. The maximum absolute atomic E-state index is 12.9. The number of carbonyl (C=O) groups excluding carboxylic acids is 1. The van der Waals surface area contributed by atoms with Crippen LogP contribution in [0.15, 0.2) is 78.7 Å². The number of allylic oxidation sites excluding steroid dienone is 1. The minimum Gasteiger partial charge on any atom is -0.345 e. The Morgan fingerprint density at radius 1 is 1.19 bits per heavy atom. The molecule has 1 atom stereocenters. The standard InChI is InChI=1S/C22H19F3N6O/c1-14-5-6-17(29-20(32)15-3-2-4-16(11-15)22(23,24)25)12-18(14)30-21-27-9-10-31(21)19-7-8-26-13-28-19/h2-5,7-13,17H,6H2,1H3,(H,27,30)(H,29,32). The van der Waals surface area contributed by atoms with Crippen molar-refractivity contribution in [3.8, 4) is 5.82 Å². The number of halogens is 3. The Morgan fingerprint density at radius 2 is 2.03 bits per heavy atom. The van der Waals surface area contributed by atoms with E-state index in [1.165, 1.54) is 18.5 Å². The zero-order valence-electron chi connectivity index (χ0n) is 17.0. The summed E-state index contributed by atoms with van der Waals surface area (Å²) in [7, 11) is 0. The molecule has 0 saturated heterocycles. The van der Waals surface area contributed by atoms with Crippen molar-refractivity contribution >= 4 is 11.9 Å². The van der Waals surface area contributed by atoms with E-state index < -0.39 is 23.7 Å². The van der Waals surface area contributed by atoms with Gasteiger partial charge in [0.2, 0.25) is 5.95 Å². The van der Waals surface area contributed by atoms with E-state index >= 15 is 0 Å². The minimum atomic E-state index is -4.51. The number of hydrogen-bond donors (Lipinski definition) is 2. The predicted molar refractivity (Wildman–Crippen MR) is 112 cm³/mol. The van der Waals surface area contributed by atoms with Crippen LogP contribution in [0.25, 0.3) is 5.82 Å². The Kier molecular flexibility index (Phi) is 5.76. The summed E-state index contributed by atoms with van der Waals surface area (Å²) in [6, 6.07) is 5.70. The van der Waals surface area contributed by atoms with Crippen LogP contribution in [-0.2, 0) is 6.18 Å². The number of carbonyl (C=O) groups is 1. The van der Waals surface area contributed by atoms with Gasteiger partial charge in [-0.15, -0.1) is 0 Å². The van der Waals surface area contributed by atoms with Gasteiger partial charge in [0.25, 0.3) is 5.91 Å². The van der Waals surface area contributed by atoms with Crippen molar-refractivity contribution in [3.63, 3.8) is 0 Å². The van der Waals surface area contributed by atoms with E-state index in [0.29, 0.717) is 18.2 Å². The number of amides is 1. The molecule has 2 aromatic heterocycles. The summed E-state index contributed by atoms with van der Waals surface area (Å²) in [5.74, 6) is 0.576. The van der Waals surface area contributed by atoms with Crippen LogP contribution in [-0.4, -0.2) is 31.5 Å². The van der Waals surface area contributed by atoms with Gasteiger partial charge < -0.3 is 10.6 Å². The molecule has 7 nitrogen and oxygen atoms in total. The third-order valence-corrected chi connectivity index (χ3v) is 4.94. The zero-order valence-corrected chi connectivity index (χ0v) is 17.0. The number of hydrogen-bond acceptors (Lipinski definition) is 5. The number of anilines is 1. The van der Waals surface area contributed by atoms with E-state index in [4.69, 9.17) is 0 Å². The highest BCUT2D eigenvalue weighted by atomic mass is 19.4. The highest BCUT2D eigenvalue weighted by Crippen LogP contribution is 2.29. The molecule has 3 aromatic rings. The molecule has 2 N–H and O–H groups in total. The van der Waals surface area contributed by atoms with Crippen LogP contribution in [0.2, 0.25) is 0 Å². The minimum absolute atomic E-state index is 0.0479. The van der Waals surface area contributed by atoms with E-state index in [9.17, 15) is 18.0 Å². The van der Waals surface area contributed by atoms with Crippen LogP contribution >= 0.6 is 0 Å². The van der Waals surface area contributed by atoms with Gasteiger partial charge in [-0.25, -0.2) is 15.0 Å². The van der Waals surface area contributed by atoms with Crippen LogP contribution in [0, 0.1) is 0 Å². The number of alkyl halides is 3. The van der Waals surface area contributed by atoms with Crippen molar-refractivity contribution in [3.05, 3.63) is 89.8 Å². The molecule has 1 aliphatic carbocycles. The Bertz CT molecular complexity index is 1180. The number of rotatable bonds is 5. The first-order chi connectivity index (χ1) is 15.3. The summed E-state index contributed by atoms with van der Waals surface area (Å²) in [6.07, 6.45) is 6.20. The number of aromatic nitrogens is 4. The fourth-order valence-corrected chi connectivity index (χ4v) is 3.27. The molecule has 1 unspecified atom stereocenters. The maximum atomic E-state index is 12.9. The number of nitrogens with one attached hydrogen (secondary N) is 2. The van der Waals surface area contributed by atoms with Gasteiger partial charge in [-0.1, -0.05) is 12.1 Å². The Hall–Kier alpha value is -3.95. The van der Waals surface area contributed by atoms with E-state index in [1.54, 1.807) is 29.2 Å². The molecule has 0 spiro atoms. The topological polar surface area (TPSA) is 84.7 Å². The summed E-state index contributed by atoms with van der Waals surface area (Å²) in [5, 5.41) is 6.01. The molecule has 1 aliphatic rings. The van der Waals surface area contributed by atoms with Crippen LogP contribution in [0.1, 0.15) is 29.3 Å². The molecule has 32 heavy (non-hydrogen) atoms. The monoisotopic (exact) mass is 440 g/mol. The van der Waals surface area contributed by atoms with Crippen LogP contribution in [0.3, 0.4) is 0 Å². The van der Waals surface area contributed by atoms with Gasteiger partial charge in [0.15, 0.2) is 0 Å². The molecule has 2 heterocycles. The Labute approximate surface area is 181 Å². The molecule has 1 amide bonds. The molecular weight excluding hydrogens is 421 g/mol. The molecule has 0 aliphatic heterocycles. The Balaban J connectivity index is 1.51. The van der Waals surface area contributed by atoms with Crippen molar-refractivity contribution in [2.45, 2.75) is 25.6 Å². The molecule has 164 valence electrons. The maximum Gasteiger partial charge on any atom is 0.416 e. The van der Waals surface area contributed by atoms with Crippen LogP contribution < -0.4 is 10.6 Å². The number of nitrogens with zero attached hydrogens (tertiary/aromatic N) is 4. The lowest BCUT2D eigenvalue weighted by Crippen LogP contribution is -2.35. The quantitative estimate of drug-likeness (QED) is 0.623. The predicted octanol–water partition coefficient (Wildman–Crippen LogP) is 4.13. The fourth-order valence-electron chi connectivity index (χ4n) is 3.27. The van der Waals surface area contributed by atoms with Gasteiger partial charge in [-0.3, -0.25) is 9.36 Å². The largest absolute Gasteiger partial charge is 0.416 e. The molecule has 0 fully saturated rings. The Morgan fingerprint density at radius 3 is 2.78 bits per heavy atom. The SMILES string of the molecule is CC1=CCC(NC(=O)c2cccc(C(F)(F)F)c2)C=C1Nc1nccn1-c1ccncn1. The molecule has 10 heteroatoms. The van der Waals surface area contributed by atoms with Gasteiger partial charge in [0, 0.05) is 29.9 Å². The third-order valence-electron chi connectivity index (χ3n) is 4.94. The molecule has 4 rings (SSSR count). The summed E-state index contributed by atoms with van der Waals surface area (Å²) >= 11 is 0. The van der Waals surface area contributed by atoms with E-state index in [1.807, 2.05) is 19.1 Å². The summed E-state index contributed by atoms with van der Waals surface area (Å²) in [4.78, 5) is 25.0. The van der Waals surface area contributed by atoms with E-state index in [2.05, 4.69) is 25.6 Å². The highest BCUT2D eigenvalue weighted by Gasteiger charge is 2.31. The van der Waals surface area contributed by atoms with Gasteiger partial charge in [0.05, 0.1) is 11.6 Å². The smallest absolute Gasteiger partial charge is 0.345 e. The first-order valence-corrected chi connectivity index (χ1v) is 9.75. The van der Waals surface area contributed by atoms with Crippen molar-refractivity contribution < 1.29 is 18.0 Å². The van der Waals surface area contributed by atoms with Gasteiger partial charge in [0.1, 0.15) is 12.1 Å². The summed E-state index contributed by atoms with van der Waals surface area (Å²) in [6.45, 7) is 1.92. The number of imidazole rings is 1. The highest BCUT2D eigenvalue weighted by molar-refractivity contribution is 5.94. The van der Waals surface area contributed by atoms with Crippen molar-refractivity contribution in [1.29, 1.82) is 0 Å². The van der Waals surface area contributed by atoms with Crippen LogP contribution in [0.4, 0.5) is 19.1 Å².